The van der Waals surface area contributed by atoms with Crippen molar-refractivity contribution >= 4 is 17.5 Å². The van der Waals surface area contributed by atoms with E-state index >= 15 is 0 Å². The van der Waals surface area contributed by atoms with Crippen LogP contribution in [-0.2, 0) is 0 Å². The lowest BCUT2D eigenvalue weighted by atomic mass is 10.2. The summed E-state index contributed by atoms with van der Waals surface area (Å²) in [7, 11) is 0. The number of piperazine rings is 1. The summed E-state index contributed by atoms with van der Waals surface area (Å²) in [5.41, 5.74) is 0.658. The van der Waals surface area contributed by atoms with Gasteiger partial charge >= 0.3 is 0 Å². The fourth-order valence-corrected chi connectivity index (χ4v) is 2.49. The number of benzene rings is 1. The largest absolute Gasteiger partial charge is 0.351 e. The van der Waals surface area contributed by atoms with Crippen molar-refractivity contribution in [2.75, 3.05) is 45.8 Å². The van der Waals surface area contributed by atoms with Crippen LogP contribution < -0.4 is 5.32 Å². The van der Waals surface area contributed by atoms with E-state index in [9.17, 15) is 4.79 Å². The van der Waals surface area contributed by atoms with Crippen molar-refractivity contribution in [2.24, 2.45) is 0 Å². The lowest BCUT2D eigenvalue weighted by Crippen LogP contribution is -2.48. The Morgan fingerprint density at radius 3 is 2.35 bits per heavy atom. The van der Waals surface area contributed by atoms with Gasteiger partial charge in [-0.25, -0.2) is 0 Å². The predicted molar refractivity (Wildman–Crippen MR) is 82.3 cm³/mol. The Bertz CT molecular complexity index is 427. The average molecular weight is 296 g/mol. The smallest absolute Gasteiger partial charge is 0.251 e. The van der Waals surface area contributed by atoms with Crippen molar-refractivity contribution in [3.8, 4) is 0 Å². The first-order valence-electron chi connectivity index (χ1n) is 7.17. The predicted octanol–water partition coefficient (Wildman–Crippen LogP) is 1.71. The maximum absolute atomic E-state index is 11.9. The highest BCUT2D eigenvalue weighted by Crippen LogP contribution is 2.09. The molecule has 1 N–H and O–H groups in total. The molecule has 5 heteroatoms. The topological polar surface area (TPSA) is 35.6 Å². The van der Waals surface area contributed by atoms with Gasteiger partial charge < -0.3 is 10.2 Å². The molecule has 0 radical (unpaired) electrons. The molecule has 0 saturated carbocycles. The van der Waals surface area contributed by atoms with E-state index in [1.807, 2.05) is 0 Å². The lowest BCUT2D eigenvalue weighted by molar-refractivity contribution is 0.0938. The minimum absolute atomic E-state index is 0.0335. The Hall–Kier alpha value is -1.10. The first-order valence-corrected chi connectivity index (χ1v) is 7.55. The van der Waals surface area contributed by atoms with Crippen LogP contribution in [0.3, 0.4) is 0 Å². The Morgan fingerprint density at radius 1 is 1.15 bits per heavy atom. The van der Waals surface area contributed by atoms with Gasteiger partial charge in [-0.15, -0.1) is 0 Å². The minimum Gasteiger partial charge on any atom is -0.351 e. The average Bonchev–Trinajstić information content (AvgIpc) is 2.48. The number of hydrogen-bond acceptors (Lipinski definition) is 3. The minimum atomic E-state index is -0.0335. The number of carbonyl (C=O) groups excluding carboxylic acids is 1. The van der Waals surface area contributed by atoms with Gasteiger partial charge in [-0.05, 0) is 30.8 Å². The summed E-state index contributed by atoms with van der Waals surface area (Å²) in [5, 5.41) is 3.60. The maximum Gasteiger partial charge on any atom is 0.251 e. The van der Waals surface area contributed by atoms with Crippen LogP contribution in [0.25, 0.3) is 0 Å². The Balaban J connectivity index is 1.68. The molecule has 1 aromatic carbocycles. The van der Waals surface area contributed by atoms with Crippen molar-refractivity contribution in [3.05, 3.63) is 34.9 Å². The molecule has 0 atom stereocenters. The standard InChI is InChI=1S/C15H22ClN3O/c1-2-18-9-11-19(12-10-18)8-7-17-15(20)13-3-5-14(16)6-4-13/h3-6H,2,7-12H2,1H3,(H,17,20). The molecule has 1 aliphatic rings. The summed E-state index contributed by atoms with van der Waals surface area (Å²) in [6.45, 7) is 9.35. The molecule has 1 heterocycles. The molecular formula is C15H22ClN3O. The molecule has 1 aliphatic heterocycles. The van der Waals surface area contributed by atoms with Crippen molar-refractivity contribution in [1.29, 1.82) is 0 Å². The molecule has 1 saturated heterocycles. The second-order valence-electron chi connectivity index (χ2n) is 5.04. The number of hydrogen-bond donors (Lipinski definition) is 1. The molecular weight excluding hydrogens is 274 g/mol. The molecule has 1 aromatic rings. The normalized spacial score (nSPS) is 17.1. The number of nitrogens with one attached hydrogen (secondary N) is 1. The van der Waals surface area contributed by atoms with E-state index in [1.165, 1.54) is 0 Å². The molecule has 0 unspecified atom stereocenters. The van der Waals surface area contributed by atoms with Gasteiger partial charge in [-0.2, -0.15) is 0 Å². The molecule has 110 valence electrons. The van der Waals surface area contributed by atoms with Gasteiger partial charge in [0.2, 0.25) is 0 Å². The van der Waals surface area contributed by atoms with Crippen molar-refractivity contribution in [3.63, 3.8) is 0 Å². The second-order valence-corrected chi connectivity index (χ2v) is 5.48. The maximum atomic E-state index is 11.9. The zero-order valence-corrected chi connectivity index (χ0v) is 12.7. The van der Waals surface area contributed by atoms with Crippen LogP contribution in [0, 0.1) is 0 Å². The molecule has 1 fully saturated rings. The number of likely N-dealkylation sites (N-methyl/N-ethyl adjacent to an activating group) is 1. The van der Waals surface area contributed by atoms with Crippen LogP contribution >= 0.6 is 11.6 Å². The summed E-state index contributed by atoms with van der Waals surface area (Å²) in [5.74, 6) is -0.0335. The molecule has 1 amide bonds. The van der Waals surface area contributed by atoms with Crippen LogP contribution in [0.4, 0.5) is 0 Å². The van der Waals surface area contributed by atoms with Gasteiger partial charge in [-0.1, -0.05) is 18.5 Å². The van der Waals surface area contributed by atoms with E-state index in [4.69, 9.17) is 11.6 Å². The monoisotopic (exact) mass is 295 g/mol. The zero-order valence-electron chi connectivity index (χ0n) is 11.9. The van der Waals surface area contributed by atoms with Gasteiger partial charge in [-0.3, -0.25) is 9.69 Å². The summed E-state index contributed by atoms with van der Waals surface area (Å²) in [6, 6.07) is 6.97. The highest BCUT2D eigenvalue weighted by Gasteiger charge is 2.15. The first-order chi connectivity index (χ1) is 9.69. The SMILES string of the molecule is CCN1CCN(CCNC(=O)c2ccc(Cl)cc2)CC1. The third kappa shape index (κ3) is 4.47. The number of amides is 1. The van der Waals surface area contributed by atoms with E-state index in [0.717, 1.165) is 39.3 Å². The third-order valence-electron chi connectivity index (χ3n) is 3.73. The van der Waals surface area contributed by atoms with Gasteiger partial charge in [0.1, 0.15) is 0 Å². The van der Waals surface area contributed by atoms with E-state index < -0.39 is 0 Å². The van der Waals surface area contributed by atoms with Crippen molar-refractivity contribution in [1.82, 2.24) is 15.1 Å². The lowest BCUT2D eigenvalue weighted by Gasteiger charge is -2.33. The number of halogens is 1. The van der Waals surface area contributed by atoms with Crippen LogP contribution in [0.2, 0.25) is 5.02 Å². The number of nitrogens with zero attached hydrogens (tertiary/aromatic N) is 2. The number of rotatable bonds is 5. The molecule has 0 aliphatic carbocycles. The summed E-state index contributed by atoms with van der Waals surface area (Å²) in [4.78, 5) is 16.8. The fourth-order valence-electron chi connectivity index (χ4n) is 2.36. The van der Waals surface area contributed by atoms with E-state index in [0.29, 0.717) is 17.1 Å². The quantitative estimate of drug-likeness (QED) is 0.898. The van der Waals surface area contributed by atoms with Gasteiger partial charge in [0.15, 0.2) is 0 Å². The van der Waals surface area contributed by atoms with Crippen LogP contribution in [0.15, 0.2) is 24.3 Å². The van der Waals surface area contributed by atoms with E-state index in [-0.39, 0.29) is 5.91 Å². The molecule has 2 rings (SSSR count). The van der Waals surface area contributed by atoms with Crippen molar-refractivity contribution < 1.29 is 4.79 Å². The molecule has 0 bridgehead atoms. The Labute approximate surface area is 125 Å². The fraction of sp³-hybridized carbons (Fsp3) is 0.533. The first kappa shape index (κ1) is 15.3. The third-order valence-corrected chi connectivity index (χ3v) is 3.98. The summed E-state index contributed by atoms with van der Waals surface area (Å²) >= 11 is 5.80. The molecule has 20 heavy (non-hydrogen) atoms. The summed E-state index contributed by atoms with van der Waals surface area (Å²) in [6.07, 6.45) is 0. The summed E-state index contributed by atoms with van der Waals surface area (Å²) < 4.78 is 0. The molecule has 4 nitrogen and oxygen atoms in total. The van der Waals surface area contributed by atoms with Gasteiger partial charge in [0.05, 0.1) is 0 Å². The second kappa shape index (κ2) is 7.62. The molecule has 0 spiro atoms. The number of carbonyl (C=O) groups is 1. The zero-order chi connectivity index (χ0) is 14.4. The Kier molecular flexibility index (Phi) is 5.83. The molecule has 0 aromatic heterocycles. The van der Waals surface area contributed by atoms with E-state index in [2.05, 4.69) is 22.0 Å². The highest BCUT2D eigenvalue weighted by molar-refractivity contribution is 6.30. The van der Waals surface area contributed by atoms with Crippen LogP contribution in [-0.4, -0.2) is 61.5 Å². The van der Waals surface area contributed by atoms with E-state index in [1.54, 1.807) is 24.3 Å². The highest BCUT2D eigenvalue weighted by atomic mass is 35.5. The van der Waals surface area contributed by atoms with Gasteiger partial charge in [0, 0.05) is 49.9 Å². The Morgan fingerprint density at radius 2 is 1.75 bits per heavy atom. The van der Waals surface area contributed by atoms with Gasteiger partial charge in [0.25, 0.3) is 5.91 Å². The van der Waals surface area contributed by atoms with Crippen LogP contribution in [0.1, 0.15) is 17.3 Å². The van der Waals surface area contributed by atoms with Crippen LogP contribution in [0.5, 0.6) is 0 Å². The van der Waals surface area contributed by atoms with Crippen molar-refractivity contribution in [2.45, 2.75) is 6.92 Å².